The molecule has 3 aromatic rings. The van der Waals surface area contributed by atoms with Crippen molar-refractivity contribution in [2.24, 2.45) is 0 Å². The van der Waals surface area contributed by atoms with E-state index in [1.807, 2.05) is 11.4 Å². The van der Waals surface area contributed by atoms with Crippen molar-refractivity contribution in [2.45, 2.75) is 26.2 Å². The van der Waals surface area contributed by atoms with Crippen molar-refractivity contribution < 1.29 is 9.52 Å². The molecule has 0 aliphatic heterocycles. The minimum Gasteiger partial charge on any atom is -0.508 e. The summed E-state index contributed by atoms with van der Waals surface area (Å²) in [6.07, 6.45) is 0. The first kappa shape index (κ1) is 15.1. The summed E-state index contributed by atoms with van der Waals surface area (Å²) in [5.74, 6) is 0.987. The van der Waals surface area contributed by atoms with Gasteiger partial charge >= 0.3 is 0 Å². The Hall–Kier alpha value is -1.33. The summed E-state index contributed by atoms with van der Waals surface area (Å²) in [6.45, 7) is 6.44. The van der Waals surface area contributed by atoms with Crippen molar-refractivity contribution >= 4 is 39.3 Å². The molecule has 2 heterocycles. The molecular formula is C15H16BrNO2S. The molecule has 0 amide bonds. The van der Waals surface area contributed by atoms with Crippen LogP contribution in [-0.4, -0.2) is 10.1 Å². The molecule has 0 aliphatic carbocycles. The van der Waals surface area contributed by atoms with Crippen molar-refractivity contribution in [3.8, 4) is 17.2 Å². The van der Waals surface area contributed by atoms with Gasteiger partial charge in [0.15, 0.2) is 5.76 Å². The van der Waals surface area contributed by atoms with Crippen molar-refractivity contribution in [1.82, 2.24) is 4.98 Å². The Kier molecular flexibility index (Phi) is 3.93. The molecule has 1 aromatic carbocycles. The van der Waals surface area contributed by atoms with Crippen LogP contribution >= 0.6 is 28.3 Å². The Labute approximate surface area is 132 Å². The highest BCUT2D eigenvalue weighted by Gasteiger charge is 2.19. The number of furan rings is 1. The Morgan fingerprint density at radius 3 is 2.60 bits per heavy atom. The molecule has 3 nitrogen and oxygen atoms in total. The third-order valence-electron chi connectivity index (χ3n) is 2.90. The summed E-state index contributed by atoms with van der Waals surface area (Å²) in [5, 5.41) is 13.5. The first-order valence-corrected chi connectivity index (χ1v) is 7.00. The zero-order chi connectivity index (χ0) is 13.6. The van der Waals surface area contributed by atoms with Gasteiger partial charge in [-0.3, -0.25) is 0 Å². The number of hydrogen-bond donors (Lipinski definition) is 1. The van der Waals surface area contributed by atoms with E-state index in [1.165, 1.54) is 0 Å². The van der Waals surface area contributed by atoms with Gasteiger partial charge in [0.2, 0.25) is 0 Å². The normalized spacial score (nSPS) is 11.6. The highest BCUT2D eigenvalue weighted by Crippen LogP contribution is 2.33. The number of hydrogen-bond acceptors (Lipinski definition) is 4. The molecule has 5 heteroatoms. The van der Waals surface area contributed by atoms with Crippen LogP contribution in [0.3, 0.4) is 0 Å². The lowest BCUT2D eigenvalue weighted by molar-refractivity contribution is 0.476. The average molecular weight is 354 g/mol. The van der Waals surface area contributed by atoms with Crippen LogP contribution < -0.4 is 0 Å². The Bertz CT molecular complexity index is 740. The van der Waals surface area contributed by atoms with Crippen LogP contribution in [0.1, 0.15) is 25.8 Å². The maximum Gasteiger partial charge on any atom is 0.154 e. The third kappa shape index (κ3) is 2.74. The maximum absolute atomic E-state index is 9.47. The summed E-state index contributed by atoms with van der Waals surface area (Å²) < 4.78 is 5.77. The fraction of sp³-hybridized carbons (Fsp3) is 0.267. The van der Waals surface area contributed by atoms with Crippen molar-refractivity contribution in [2.75, 3.05) is 0 Å². The number of nitrogens with zero attached hydrogens (tertiary/aromatic N) is 1. The van der Waals surface area contributed by atoms with Crippen LogP contribution in [0.25, 0.3) is 22.4 Å². The van der Waals surface area contributed by atoms with Gasteiger partial charge in [0.25, 0.3) is 0 Å². The van der Waals surface area contributed by atoms with Crippen LogP contribution in [0.4, 0.5) is 0 Å². The molecule has 1 N–H and O–H groups in total. The van der Waals surface area contributed by atoms with E-state index < -0.39 is 0 Å². The topological polar surface area (TPSA) is 46.3 Å². The van der Waals surface area contributed by atoms with E-state index in [-0.39, 0.29) is 28.1 Å². The predicted molar refractivity (Wildman–Crippen MR) is 88.0 cm³/mol. The van der Waals surface area contributed by atoms with Crippen LogP contribution in [0.15, 0.2) is 34.1 Å². The first-order valence-electron chi connectivity index (χ1n) is 6.12. The summed E-state index contributed by atoms with van der Waals surface area (Å²) >= 11 is 1.64. The fourth-order valence-corrected chi connectivity index (χ4v) is 2.79. The van der Waals surface area contributed by atoms with E-state index in [9.17, 15) is 5.11 Å². The molecule has 0 fully saturated rings. The van der Waals surface area contributed by atoms with E-state index in [0.717, 1.165) is 27.4 Å². The molecular weight excluding hydrogens is 338 g/mol. The number of benzene rings is 1. The number of thiazole rings is 1. The predicted octanol–water partition coefficient (Wildman–Crippen LogP) is 5.14. The Morgan fingerprint density at radius 1 is 1.20 bits per heavy atom. The van der Waals surface area contributed by atoms with Crippen molar-refractivity contribution in [3.63, 3.8) is 0 Å². The monoisotopic (exact) mass is 353 g/mol. The van der Waals surface area contributed by atoms with Crippen molar-refractivity contribution in [1.29, 1.82) is 0 Å². The minimum absolute atomic E-state index is 0. The summed E-state index contributed by atoms with van der Waals surface area (Å²) in [7, 11) is 0. The zero-order valence-corrected chi connectivity index (χ0v) is 14.0. The largest absolute Gasteiger partial charge is 0.508 e. The number of aromatic nitrogens is 1. The smallest absolute Gasteiger partial charge is 0.154 e. The molecule has 0 saturated carbocycles. The molecule has 0 spiro atoms. The van der Waals surface area contributed by atoms with Crippen molar-refractivity contribution in [3.05, 3.63) is 34.7 Å². The lowest BCUT2D eigenvalue weighted by Crippen LogP contribution is -2.10. The van der Waals surface area contributed by atoms with Gasteiger partial charge < -0.3 is 9.52 Å². The zero-order valence-electron chi connectivity index (χ0n) is 11.5. The maximum atomic E-state index is 9.47. The molecule has 2 aromatic heterocycles. The minimum atomic E-state index is 0. The molecule has 0 bridgehead atoms. The number of fused-ring (bicyclic) bond motifs is 1. The van der Waals surface area contributed by atoms with E-state index in [4.69, 9.17) is 4.42 Å². The quantitative estimate of drug-likeness (QED) is 0.658. The summed E-state index contributed by atoms with van der Waals surface area (Å²) in [4.78, 5) is 4.63. The molecule has 0 saturated heterocycles. The second-order valence-electron chi connectivity index (χ2n) is 5.62. The standard InChI is InChI=1S/C15H15NO2S.BrH/c1-15(2,3)14-16-11(8-19-14)13-7-9-6-10(17)4-5-12(9)18-13;/h4-8,17H,1-3H3;1H. The SMILES string of the molecule is Br.CC(C)(C)c1nc(-c2cc3cc(O)ccc3o2)cs1. The number of rotatable bonds is 1. The van der Waals surface area contributed by atoms with Gasteiger partial charge in [-0.15, -0.1) is 28.3 Å². The van der Waals surface area contributed by atoms with E-state index in [2.05, 4.69) is 25.8 Å². The van der Waals surface area contributed by atoms with Gasteiger partial charge in [-0.2, -0.15) is 0 Å². The highest BCUT2D eigenvalue weighted by atomic mass is 79.9. The second-order valence-corrected chi connectivity index (χ2v) is 6.48. The number of aromatic hydroxyl groups is 1. The molecule has 0 unspecified atom stereocenters. The number of phenols is 1. The third-order valence-corrected chi connectivity index (χ3v) is 4.17. The molecule has 0 atom stereocenters. The van der Waals surface area contributed by atoms with Gasteiger partial charge in [-0.25, -0.2) is 4.98 Å². The average Bonchev–Trinajstić information content (AvgIpc) is 2.92. The Morgan fingerprint density at radius 2 is 1.95 bits per heavy atom. The van der Waals surface area contributed by atoms with E-state index >= 15 is 0 Å². The van der Waals surface area contributed by atoms with Gasteiger partial charge in [-0.05, 0) is 24.3 Å². The number of halogens is 1. The molecule has 3 rings (SSSR count). The van der Waals surface area contributed by atoms with E-state index in [1.54, 1.807) is 29.5 Å². The summed E-state index contributed by atoms with van der Waals surface area (Å²) in [5.41, 5.74) is 1.66. The van der Waals surface area contributed by atoms with Crippen LogP contribution in [0.2, 0.25) is 0 Å². The molecule has 20 heavy (non-hydrogen) atoms. The highest BCUT2D eigenvalue weighted by molar-refractivity contribution is 8.93. The van der Waals surface area contributed by atoms with Gasteiger partial charge in [0.05, 0.1) is 5.01 Å². The second kappa shape index (κ2) is 5.22. The lowest BCUT2D eigenvalue weighted by Gasteiger charge is -2.13. The van der Waals surface area contributed by atoms with Crippen LogP contribution in [0, 0.1) is 0 Å². The number of phenolic OH excluding ortho intramolecular Hbond substituents is 1. The molecule has 0 radical (unpaired) electrons. The van der Waals surface area contributed by atoms with Crippen LogP contribution in [0.5, 0.6) is 5.75 Å². The first-order chi connectivity index (χ1) is 8.93. The van der Waals surface area contributed by atoms with Gasteiger partial charge in [0.1, 0.15) is 17.0 Å². The lowest BCUT2D eigenvalue weighted by atomic mass is 9.98. The van der Waals surface area contributed by atoms with Crippen LogP contribution in [-0.2, 0) is 5.41 Å². The molecule has 0 aliphatic rings. The summed E-state index contributed by atoms with van der Waals surface area (Å²) in [6, 6.07) is 7.00. The van der Waals surface area contributed by atoms with Gasteiger partial charge in [-0.1, -0.05) is 20.8 Å². The Balaban J connectivity index is 0.00000147. The van der Waals surface area contributed by atoms with E-state index in [0.29, 0.717) is 0 Å². The van der Waals surface area contributed by atoms with Gasteiger partial charge in [0, 0.05) is 16.2 Å². The fourth-order valence-electron chi connectivity index (χ4n) is 1.89. The molecule has 106 valence electrons.